The van der Waals surface area contributed by atoms with E-state index < -0.39 is 11.7 Å². The number of likely N-dealkylation sites (tertiary alicyclic amines) is 1. The Morgan fingerprint density at radius 3 is 2.42 bits per heavy atom. The fourth-order valence-corrected chi connectivity index (χ4v) is 4.93. The van der Waals surface area contributed by atoms with Gasteiger partial charge in [0.1, 0.15) is 11.6 Å². The van der Waals surface area contributed by atoms with Crippen molar-refractivity contribution in [2.24, 2.45) is 5.92 Å². The van der Waals surface area contributed by atoms with Crippen molar-refractivity contribution in [2.45, 2.75) is 31.6 Å². The molecule has 0 spiro atoms. The van der Waals surface area contributed by atoms with Crippen molar-refractivity contribution in [1.82, 2.24) is 4.90 Å². The van der Waals surface area contributed by atoms with Crippen molar-refractivity contribution >= 4 is 17.5 Å². The number of carbonyl (C=O) groups excluding carboxylic acids is 2. The first-order valence-corrected chi connectivity index (χ1v) is 13.1. The van der Waals surface area contributed by atoms with E-state index in [9.17, 15) is 14.0 Å². The molecule has 1 N–H and O–H groups in total. The van der Waals surface area contributed by atoms with E-state index in [-0.39, 0.29) is 18.3 Å². The summed E-state index contributed by atoms with van der Waals surface area (Å²) in [5, 5.41) is 2.77. The number of ether oxygens (including phenoxy) is 3. The summed E-state index contributed by atoms with van der Waals surface area (Å²) in [7, 11) is 0. The second-order valence-electron chi connectivity index (χ2n) is 10.1. The zero-order valence-electron chi connectivity index (χ0n) is 21.0. The van der Waals surface area contributed by atoms with Gasteiger partial charge in [-0.05, 0) is 85.5 Å². The number of hydrogen-bond donors (Lipinski definition) is 1. The van der Waals surface area contributed by atoms with Crippen LogP contribution in [0, 0.1) is 11.7 Å². The Morgan fingerprint density at radius 2 is 1.68 bits per heavy atom. The molecule has 1 aliphatic carbocycles. The number of hydrogen-bond acceptors (Lipinski definition) is 5. The van der Waals surface area contributed by atoms with Crippen molar-refractivity contribution in [1.29, 1.82) is 0 Å². The van der Waals surface area contributed by atoms with Crippen LogP contribution < -0.4 is 19.5 Å². The second-order valence-corrected chi connectivity index (χ2v) is 10.1. The number of amides is 2. The van der Waals surface area contributed by atoms with Gasteiger partial charge >= 0.3 is 0 Å². The highest BCUT2D eigenvalue weighted by molar-refractivity contribution is 6.04. The predicted octanol–water partition coefficient (Wildman–Crippen LogP) is 5.62. The summed E-state index contributed by atoms with van der Waals surface area (Å²) >= 11 is 0. The van der Waals surface area contributed by atoms with Gasteiger partial charge in [-0.1, -0.05) is 12.1 Å². The van der Waals surface area contributed by atoms with Crippen LogP contribution in [0.15, 0.2) is 60.7 Å². The molecule has 38 heavy (non-hydrogen) atoms. The summed E-state index contributed by atoms with van der Waals surface area (Å²) in [6, 6.07) is 17.3. The van der Waals surface area contributed by atoms with Gasteiger partial charge in [0, 0.05) is 30.4 Å². The van der Waals surface area contributed by atoms with Gasteiger partial charge < -0.3 is 24.4 Å². The standard InChI is InChI=1S/C30H29FN2O5/c31-26-16-24(36-17-19-1-2-19)8-9-25(26)29(34)32-23-6-3-20(4-7-23)21-11-13-33(14-12-21)30(35)22-5-10-27-28(15-22)38-18-37-27/h3-10,15-16,19,21H,1-2,11-14,17-18H2,(H,32,34). The molecule has 3 aromatic carbocycles. The molecule has 2 heterocycles. The molecule has 7 nitrogen and oxygen atoms in total. The molecule has 2 aliphatic heterocycles. The largest absolute Gasteiger partial charge is 0.493 e. The molecule has 3 aliphatic rings. The Labute approximate surface area is 220 Å². The van der Waals surface area contributed by atoms with Crippen molar-refractivity contribution in [3.8, 4) is 17.2 Å². The number of benzene rings is 3. The number of anilines is 1. The van der Waals surface area contributed by atoms with E-state index in [1.165, 1.54) is 12.1 Å². The Balaban J connectivity index is 1.02. The van der Waals surface area contributed by atoms with Crippen molar-refractivity contribution in [3.05, 3.63) is 83.2 Å². The van der Waals surface area contributed by atoms with Crippen LogP contribution in [0.3, 0.4) is 0 Å². The lowest BCUT2D eigenvalue weighted by molar-refractivity contribution is 0.0712. The van der Waals surface area contributed by atoms with Crippen LogP contribution in [0.4, 0.5) is 10.1 Å². The summed E-state index contributed by atoms with van der Waals surface area (Å²) in [5.74, 6) is 1.50. The van der Waals surface area contributed by atoms with Crippen LogP contribution in [0.2, 0.25) is 0 Å². The Kier molecular flexibility index (Phi) is 6.62. The highest BCUT2D eigenvalue weighted by Crippen LogP contribution is 2.34. The fraction of sp³-hybridized carbons (Fsp3) is 0.333. The van der Waals surface area contributed by atoms with Crippen molar-refractivity contribution < 1.29 is 28.2 Å². The molecular formula is C30H29FN2O5. The average Bonchev–Trinajstić information content (AvgIpc) is 3.66. The summed E-state index contributed by atoms with van der Waals surface area (Å²) in [6.45, 7) is 2.10. The first kappa shape index (κ1) is 24.3. The van der Waals surface area contributed by atoms with Crippen LogP contribution in [-0.2, 0) is 0 Å². The highest BCUT2D eigenvalue weighted by Gasteiger charge is 2.26. The van der Waals surface area contributed by atoms with Gasteiger partial charge in [0.15, 0.2) is 11.5 Å². The van der Waals surface area contributed by atoms with Gasteiger partial charge in [-0.15, -0.1) is 0 Å². The van der Waals surface area contributed by atoms with Crippen LogP contribution >= 0.6 is 0 Å². The number of nitrogens with zero attached hydrogens (tertiary/aromatic N) is 1. The minimum Gasteiger partial charge on any atom is -0.493 e. The van der Waals surface area contributed by atoms with Crippen molar-refractivity contribution in [3.63, 3.8) is 0 Å². The molecule has 0 aromatic heterocycles. The van der Waals surface area contributed by atoms with Crippen LogP contribution in [0.25, 0.3) is 0 Å². The van der Waals surface area contributed by atoms with Crippen LogP contribution in [0.1, 0.15) is 57.9 Å². The third-order valence-corrected chi connectivity index (χ3v) is 7.41. The predicted molar refractivity (Wildman–Crippen MR) is 139 cm³/mol. The molecule has 2 amide bonds. The summed E-state index contributed by atoms with van der Waals surface area (Å²) in [4.78, 5) is 27.5. The van der Waals surface area contributed by atoms with E-state index in [0.717, 1.165) is 31.2 Å². The number of fused-ring (bicyclic) bond motifs is 1. The topological polar surface area (TPSA) is 77.1 Å². The molecule has 0 radical (unpaired) electrons. The van der Waals surface area contributed by atoms with Gasteiger partial charge in [-0.3, -0.25) is 9.59 Å². The Morgan fingerprint density at radius 1 is 0.921 bits per heavy atom. The first-order valence-electron chi connectivity index (χ1n) is 13.1. The number of halogens is 1. The molecule has 2 fully saturated rings. The average molecular weight is 517 g/mol. The number of piperidine rings is 1. The number of nitrogens with one attached hydrogen (secondary N) is 1. The molecule has 6 rings (SSSR count). The van der Waals surface area contributed by atoms with Gasteiger partial charge in [-0.25, -0.2) is 4.39 Å². The molecule has 1 saturated heterocycles. The normalized spacial score (nSPS) is 16.8. The van der Waals surface area contributed by atoms with E-state index in [2.05, 4.69) is 5.32 Å². The number of rotatable bonds is 7. The first-order chi connectivity index (χ1) is 18.5. The van der Waals surface area contributed by atoms with Gasteiger partial charge in [-0.2, -0.15) is 0 Å². The minimum atomic E-state index is -0.602. The van der Waals surface area contributed by atoms with Crippen LogP contribution in [0.5, 0.6) is 17.2 Å². The smallest absolute Gasteiger partial charge is 0.258 e. The molecule has 0 atom stereocenters. The lowest BCUT2D eigenvalue weighted by atomic mass is 9.89. The summed E-state index contributed by atoms with van der Waals surface area (Å²) < 4.78 is 30.8. The molecule has 3 aromatic rings. The van der Waals surface area contributed by atoms with Crippen molar-refractivity contribution in [2.75, 3.05) is 31.8 Å². The Bertz CT molecular complexity index is 1350. The van der Waals surface area contributed by atoms with E-state index >= 15 is 0 Å². The maximum Gasteiger partial charge on any atom is 0.258 e. The monoisotopic (exact) mass is 516 g/mol. The molecule has 8 heteroatoms. The zero-order valence-corrected chi connectivity index (χ0v) is 21.0. The Hall–Kier alpha value is -4.07. The molecule has 0 unspecified atom stereocenters. The van der Waals surface area contributed by atoms with E-state index in [1.54, 1.807) is 24.3 Å². The minimum absolute atomic E-state index is 0.00505. The fourth-order valence-electron chi connectivity index (χ4n) is 4.93. The zero-order chi connectivity index (χ0) is 26.1. The molecule has 1 saturated carbocycles. The molecule has 196 valence electrons. The molecular weight excluding hydrogens is 487 g/mol. The lowest BCUT2D eigenvalue weighted by Crippen LogP contribution is -2.37. The number of carbonyl (C=O) groups is 2. The van der Waals surface area contributed by atoms with Gasteiger partial charge in [0.25, 0.3) is 11.8 Å². The highest BCUT2D eigenvalue weighted by atomic mass is 19.1. The third kappa shape index (κ3) is 5.30. The van der Waals surface area contributed by atoms with Gasteiger partial charge in [0.2, 0.25) is 6.79 Å². The SMILES string of the molecule is O=C(Nc1ccc(C2CCN(C(=O)c3ccc4c(c3)OCO4)CC2)cc1)c1ccc(OCC2CC2)cc1F. The molecule has 0 bridgehead atoms. The maximum atomic E-state index is 14.5. The van der Waals surface area contributed by atoms with E-state index in [1.807, 2.05) is 29.2 Å². The summed E-state index contributed by atoms with van der Waals surface area (Å²) in [6.07, 6.45) is 4.01. The second kappa shape index (κ2) is 10.4. The maximum absolute atomic E-state index is 14.5. The summed E-state index contributed by atoms with van der Waals surface area (Å²) in [5.41, 5.74) is 2.33. The van der Waals surface area contributed by atoms with Gasteiger partial charge in [0.05, 0.1) is 12.2 Å². The van der Waals surface area contributed by atoms with E-state index in [4.69, 9.17) is 14.2 Å². The lowest BCUT2D eigenvalue weighted by Gasteiger charge is -2.32. The van der Waals surface area contributed by atoms with Crippen LogP contribution in [-0.4, -0.2) is 43.2 Å². The van der Waals surface area contributed by atoms with E-state index in [0.29, 0.717) is 60.0 Å². The third-order valence-electron chi connectivity index (χ3n) is 7.41. The quantitative estimate of drug-likeness (QED) is 0.441.